The number of guanidine groups is 1. The molecule has 0 unspecified atom stereocenters. The Bertz CT molecular complexity index is 424. The molecule has 7 nitrogen and oxygen atoms in total. The van der Waals surface area contributed by atoms with Crippen molar-refractivity contribution >= 4 is 29.9 Å². The first-order valence-electron chi connectivity index (χ1n) is 8.28. The Morgan fingerprint density at radius 2 is 2.00 bits per heavy atom. The van der Waals surface area contributed by atoms with Crippen LogP contribution >= 0.6 is 24.0 Å². The lowest BCUT2D eigenvalue weighted by molar-refractivity contribution is 0.129. The molecule has 1 aromatic rings. The molecule has 0 aliphatic heterocycles. The van der Waals surface area contributed by atoms with E-state index >= 15 is 0 Å². The van der Waals surface area contributed by atoms with Gasteiger partial charge in [-0.2, -0.15) is 0 Å². The van der Waals surface area contributed by atoms with Crippen molar-refractivity contribution in [1.29, 1.82) is 0 Å². The molecular weight excluding hydrogens is 407 g/mol. The van der Waals surface area contributed by atoms with Crippen molar-refractivity contribution in [2.75, 3.05) is 26.3 Å². The fourth-order valence-electron chi connectivity index (χ4n) is 1.89. The molecule has 0 fully saturated rings. The van der Waals surface area contributed by atoms with Crippen LogP contribution in [-0.4, -0.2) is 47.0 Å². The number of rotatable bonds is 11. The summed E-state index contributed by atoms with van der Waals surface area (Å²) in [7, 11) is 0. The van der Waals surface area contributed by atoms with Crippen LogP contribution in [0.5, 0.6) is 0 Å². The van der Waals surface area contributed by atoms with Crippen LogP contribution in [0.4, 0.5) is 0 Å². The van der Waals surface area contributed by atoms with Crippen molar-refractivity contribution < 1.29 is 4.74 Å². The highest BCUT2D eigenvalue weighted by atomic mass is 127. The van der Waals surface area contributed by atoms with E-state index in [1.807, 2.05) is 4.57 Å². The molecule has 0 saturated heterocycles. The van der Waals surface area contributed by atoms with E-state index < -0.39 is 0 Å². The molecule has 134 valence electrons. The van der Waals surface area contributed by atoms with Crippen LogP contribution in [0.2, 0.25) is 0 Å². The highest BCUT2D eigenvalue weighted by Crippen LogP contribution is 1.97. The van der Waals surface area contributed by atoms with Gasteiger partial charge < -0.3 is 19.9 Å². The maximum atomic E-state index is 5.54. The molecule has 0 spiro atoms. The van der Waals surface area contributed by atoms with Crippen molar-refractivity contribution in [3.63, 3.8) is 0 Å². The van der Waals surface area contributed by atoms with Crippen LogP contribution in [0.3, 0.4) is 0 Å². The summed E-state index contributed by atoms with van der Waals surface area (Å²) in [5.41, 5.74) is 0. The minimum atomic E-state index is 0. The van der Waals surface area contributed by atoms with Crippen LogP contribution in [0.1, 0.15) is 45.9 Å². The summed E-state index contributed by atoms with van der Waals surface area (Å²) in [6, 6.07) is 0. The lowest BCUT2D eigenvalue weighted by Crippen LogP contribution is -2.38. The summed E-state index contributed by atoms with van der Waals surface area (Å²) in [4.78, 5) is 4.54. The van der Waals surface area contributed by atoms with Crippen LogP contribution in [0.15, 0.2) is 11.3 Å². The summed E-state index contributed by atoms with van der Waals surface area (Å²) < 4.78 is 7.54. The standard InChI is InChI=1S/C15H30N6O.HI/c1-4-7-10-22-11-8-9-17-15(16-5-2)18-12-14-20-19-13-21(14)6-3;/h13H,4-12H2,1-3H3,(H2,16,17,18);1H. The number of hydrogen-bond acceptors (Lipinski definition) is 4. The van der Waals surface area contributed by atoms with Gasteiger partial charge in [0.1, 0.15) is 12.9 Å². The number of hydrogen-bond donors (Lipinski definition) is 2. The maximum Gasteiger partial charge on any atom is 0.191 e. The average Bonchev–Trinajstić information content (AvgIpc) is 2.99. The van der Waals surface area contributed by atoms with Crippen LogP contribution in [0.25, 0.3) is 0 Å². The molecule has 0 aliphatic rings. The first kappa shape index (κ1) is 22.1. The molecule has 2 N–H and O–H groups in total. The largest absolute Gasteiger partial charge is 0.381 e. The number of unbranched alkanes of at least 4 members (excludes halogenated alkanes) is 1. The molecule has 1 rings (SSSR count). The lowest BCUT2D eigenvalue weighted by atomic mass is 10.4. The van der Waals surface area contributed by atoms with Gasteiger partial charge in [-0.3, -0.25) is 0 Å². The van der Waals surface area contributed by atoms with E-state index in [4.69, 9.17) is 4.74 Å². The second-order valence-electron chi connectivity index (χ2n) is 4.97. The van der Waals surface area contributed by atoms with E-state index in [1.54, 1.807) is 6.33 Å². The van der Waals surface area contributed by atoms with Crippen LogP contribution in [-0.2, 0) is 17.8 Å². The van der Waals surface area contributed by atoms with Gasteiger partial charge >= 0.3 is 0 Å². The molecule has 0 bridgehead atoms. The number of aryl methyl sites for hydroxylation is 1. The highest BCUT2D eigenvalue weighted by Gasteiger charge is 2.02. The predicted octanol–water partition coefficient (Wildman–Crippen LogP) is 2.18. The summed E-state index contributed by atoms with van der Waals surface area (Å²) >= 11 is 0. The van der Waals surface area contributed by atoms with Gasteiger partial charge in [0.05, 0.1) is 0 Å². The zero-order chi connectivity index (χ0) is 16.0. The van der Waals surface area contributed by atoms with Crippen molar-refractivity contribution in [3.05, 3.63) is 12.2 Å². The van der Waals surface area contributed by atoms with E-state index in [0.29, 0.717) is 6.54 Å². The van der Waals surface area contributed by atoms with Gasteiger partial charge in [0.15, 0.2) is 11.8 Å². The van der Waals surface area contributed by atoms with Crippen LogP contribution < -0.4 is 10.6 Å². The second-order valence-corrected chi connectivity index (χ2v) is 4.97. The van der Waals surface area contributed by atoms with Crippen molar-refractivity contribution in [2.24, 2.45) is 4.99 Å². The average molecular weight is 438 g/mol. The third-order valence-corrected chi connectivity index (χ3v) is 3.16. The van der Waals surface area contributed by atoms with Gasteiger partial charge in [-0.25, -0.2) is 4.99 Å². The molecule has 0 saturated carbocycles. The molecule has 1 heterocycles. The van der Waals surface area contributed by atoms with Crippen molar-refractivity contribution in [1.82, 2.24) is 25.4 Å². The fraction of sp³-hybridized carbons (Fsp3) is 0.800. The van der Waals surface area contributed by atoms with Crippen LogP contribution in [0, 0.1) is 0 Å². The Labute approximate surface area is 156 Å². The Morgan fingerprint density at radius 3 is 2.70 bits per heavy atom. The normalized spacial score (nSPS) is 11.2. The van der Waals surface area contributed by atoms with Gasteiger partial charge in [0.25, 0.3) is 0 Å². The number of nitrogens with one attached hydrogen (secondary N) is 2. The smallest absolute Gasteiger partial charge is 0.191 e. The van der Waals surface area contributed by atoms with Gasteiger partial charge in [-0.1, -0.05) is 13.3 Å². The lowest BCUT2D eigenvalue weighted by Gasteiger charge is -2.11. The van der Waals surface area contributed by atoms with Gasteiger partial charge in [0.2, 0.25) is 0 Å². The van der Waals surface area contributed by atoms with E-state index in [-0.39, 0.29) is 24.0 Å². The van der Waals surface area contributed by atoms with E-state index in [0.717, 1.165) is 57.5 Å². The third-order valence-electron chi connectivity index (χ3n) is 3.16. The molecular formula is C15H31IN6O. The number of nitrogens with zero attached hydrogens (tertiary/aromatic N) is 4. The topological polar surface area (TPSA) is 76.4 Å². The molecule has 0 radical (unpaired) electrons. The summed E-state index contributed by atoms with van der Waals surface area (Å²) in [5.74, 6) is 1.68. The molecule has 0 aromatic carbocycles. The quantitative estimate of drug-likeness (QED) is 0.240. The SMILES string of the molecule is CCCCOCCCNC(=NCc1nncn1CC)NCC.I. The number of aromatic nitrogens is 3. The third kappa shape index (κ3) is 9.75. The van der Waals surface area contributed by atoms with Gasteiger partial charge in [-0.05, 0) is 26.7 Å². The van der Waals surface area contributed by atoms with Gasteiger partial charge in [-0.15, -0.1) is 34.2 Å². The molecule has 8 heteroatoms. The molecule has 0 amide bonds. The Kier molecular flexibility index (Phi) is 14.1. The van der Waals surface area contributed by atoms with E-state index in [2.05, 4.69) is 46.6 Å². The Balaban J connectivity index is 0.00000484. The number of aliphatic imine (C=N–C) groups is 1. The fourth-order valence-corrected chi connectivity index (χ4v) is 1.89. The summed E-state index contributed by atoms with van der Waals surface area (Å²) in [6.45, 7) is 11.0. The Morgan fingerprint density at radius 1 is 1.22 bits per heavy atom. The molecule has 0 aliphatic carbocycles. The van der Waals surface area contributed by atoms with Crippen molar-refractivity contribution in [2.45, 2.75) is 53.1 Å². The zero-order valence-corrected chi connectivity index (χ0v) is 16.9. The summed E-state index contributed by atoms with van der Waals surface area (Å²) in [5, 5.41) is 14.5. The molecule has 23 heavy (non-hydrogen) atoms. The number of ether oxygens (including phenoxy) is 1. The zero-order valence-electron chi connectivity index (χ0n) is 14.5. The van der Waals surface area contributed by atoms with E-state index in [1.165, 1.54) is 6.42 Å². The first-order chi connectivity index (χ1) is 10.8. The molecule has 1 aromatic heterocycles. The number of halogens is 1. The predicted molar refractivity (Wildman–Crippen MR) is 104 cm³/mol. The maximum absolute atomic E-state index is 5.54. The Hall–Kier alpha value is -0.900. The van der Waals surface area contributed by atoms with Crippen molar-refractivity contribution in [3.8, 4) is 0 Å². The second kappa shape index (κ2) is 14.7. The summed E-state index contributed by atoms with van der Waals surface area (Å²) in [6.07, 6.45) is 5.02. The monoisotopic (exact) mass is 438 g/mol. The molecule has 0 atom stereocenters. The van der Waals surface area contributed by atoms with E-state index in [9.17, 15) is 0 Å². The van der Waals surface area contributed by atoms with Gasteiger partial charge in [0, 0.05) is 32.8 Å². The minimum Gasteiger partial charge on any atom is -0.381 e. The minimum absolute atomic E-state index is 0. The highest BCUT2D eigenvalue weighted by molar-refractivity contribution is 14.0. The first-order valence-corrected chi connectivity index (χ1v) is 8.28.